The first kappa shape index (κ1) is 31.7. The zero-order valence-corrected chi connectivity index (χ0v) is 22.0. The Morgan fingerprint density at radius 2 is 1.69 bits per heavy atom. The Balaban J connectivity index is 0.000000616. The predicted molar refractivity (Wildman–Crippen MR) is 140 cm³/mol. The van der Waals surface area contributed by atoms with Crippen molar-refractivity contribution in [2.75, 3.05) is 11.9 Å². The standard InChI is InChI=1S/C23H20ClF2N7O2.C2HF3O2/c24-19-12-29-21(30-14-23(25,26)18-7-3-4-9-27-18)22(35)33(19)13-20(34)28-11-15-5-1-2-6-16(15)17-8-10-31-32-17;3-2(4,5)1(6)7/h1-10,12H,11,13-14H2,(H,28,34)(H,29,30)(H,31,32);(H,6,7). The molecule has 4 N–H and O–H groups in total. The van der Waals surface area contributed by atoms with Gasteiger partial charge in [0, 0.05) is 24.5 Å². The van der Waals surface area contributed by atoms with Crippen LogP contribution in [-0.2, 0) is 28.6 Å². The average molecular weight is 614 g/mol. The van der Waals surface area contributed by atoms with Crippen molar-refractivity contribution in [1.82, 2.24) is 30.0 Å². The minimum absolute atomic E-state index is 0.106. The molecule has 0 unspecified atom stereocenters. The Hall–Kier alpha value is -4.86. The third-order valence-electron chi connectivity index (χ3n) is 5.35. The van der Waals surface area contributed by atoms with Crippen LogP contribution in [0.5, 0.6) is 0 Å². The second-order valence-electron chi connectivity index (χ2n) is 8.30. The summed E-state index contributed by atoms with van der Waals surface area (Å²) < 4.78 is 61.5. The SMILES string of the molecule is O=C(Cn1c(Cl)cnc(NCC(F)(F)c2ccccn2)c1=O)NCc1ccccc1-c1ccn[nH]1.O=C(O)C(F)(F)F. The third-order valence-corrected chi connectivity index (χ3v) is 5.65. The quantitative estimate of drug-likeness (QED) is 0.208. The maximum absolute atomic E-state index is 14.4. The van der Waals surface area contributed by atoms with Crippen molar-refractivity contribution in [3.63, 3.8) is 0 Å². The topological polar surface area (TPSA) is 155 Å². The Morgan fingerprint density at radius 3 is 2.31 bits per heavy atom. The van der Waals surface area contributed by atoms with Gasteiger partial charge in [-0.3, -0.25) is 24.2 Å². The summed E-state index contributed by atoms with van der Waals surface area (Å²) in [5.74, 6) is -6.96. The van der Waals surface area contributed by atoms with Crippen LogP contribution in [0.1, 0.15) is 11.3 Å². The molecule has 3 heterocycles. The highest BCUT2D eigenvalue weighted by Gasteiger charge is 2.38. The molecule has 0 spiro atoms. The molecule has 4 aromatic rings. The number of carboxylic acids is 1. The van der Waals surface area contributed by atoms with Crippen LogP contribution in [0.15, 0.2) is 71.9 Å². The highest BCUT2D eigenvalue weighted by Crippen LogP contribution is 2.26. The Bertz CT molecular complexity index is 1570. The summed E-state index contributed by atoms with van der Waals surface area (Å²) in [6.07, 6.45) is -1.09. The Kier molecular flexibility index (Phi) is 10.3. The molecule has 0 atom stereocenters. The van der Waals surface area contributed by atoms with Crippen LogP contribution >= 0.6 is 11.6 Å². The van der Waals surface area contributed by atoms with Gasteiger partial charge < -0.3 is 15.7 Å². The molecule has 1 aromatic carbocycles. The molecule has 3 aromatic heterocycles. The van der Waals surface area contributed by atoms with E-state index in [0.29, 0.717) is 0 Å². The van der Waals surface area contributed by atoms with Gasteiger partial charge in [-0.2, -0.15) is 27.1 Å². The molecule has 0 saturated carbocycles. The fraction of sp³-hybridized carbons (Fsp3) is 0.200. The van der Waals surface area contributed by atoms with Crippen LogP contribution < -0.4 is 16.2 Å². The number of hydrogen-bond acceptors (Lipinski definition) is 7. The lowest BCUT2D eigenvalue weighted by atomic mass is 10.0. The van der Waals surface area contributed by atoms with E-state index in [2.05, 4.69) is 30.8 Å². The van der Waals surface area contributed by atoms with Gasteiger partial charge in [-0.25, -0.2) is 9.78 Å². The summed E-state index contributed by atoms with van der Waals surface area (Å²) >= 11 is 6.06. The average Bonchev–Trinajstić information content (AvgIpc) is 3.49. The lowest BCUT2D eigenvalue weighted by molar-refractivity contribution is -0.192. The lowest BCUT2D eigenvalue weighted by Gasteiger charge is -2.17. The molecule has 1 amide bonds. The number of pyridine rings is 1. The van der Waals surface area contributed by atoms with Crippen LogP contribution in [0.25, 0.3) is 11.3 Å². The van der Waals surface area contributed by atoms with Crippen molar-refractivity contribution in [1.29, 1.82) is 0 Å². The van der Waals surface area contributed by atoms with Gasteiger partial charge in [0.2, 0.25) is 5.91 Å². The van der Waals surface area contributed by atoms with E-state index in [1.54, 1.807) is 6.20 Å². The zero-order valence-electron chi connectivity index (χ0n) is 21.2. The molecule has 0 bridgehead atoms. The van der Waals surface area contributed by atoms with Crippen LogP contribution in [0, 0.1) is 0 Å². The molecular formula is C25H21ClF5N7O4. The molecule has 4 rings (SSSR count). The van der Waals surface area contributed by atoms with Gasteiger partial charge in [0.05, 0.1) is 18.4 Å². The number of aliphatic carboxylic acids is 1. The number of alkyl halides is 5. The normalized spacial score (nSPS) is 11.3. The van der Waals surface area contributed by atoms with Gasteiger partial charge in [0.25, 0.3) is 5.56 Å². The summed E-state index contributed by atoms with van der Waals surface area (Å²) in [4.78, 5) is 41.7. The van der Waals surface area contributed by atoms with E-state index in [1.165, 1.54) is 24.4 Å². The van der Waals surface area contributed by atoms with Crippen molar-refractivity contribution >= 4 is 29.3 Å². The van der Waals surface area contributed by atoms with E-state index in [-0.39, 0.29) is 17.5 Å². The molecule has 17 heteroatoms. The van der Waals surface area contributed by atoms with Gasteiger partial charge in [-0.15, -0.1) is 0 Å². The van der Waals surface area contributed by atoms with Crippen molar-refractivity contribution < 1.29 is 36.6 Å². The van der Waals surface area contributed by atoms with E-state index >= 15 is 0 Å². The molecule has 222 valence electrons. The van der Waals surface area contributed by atoms with E-state index in [4.69, 9.17) is 21.5 Å². The van der Waals surface area contributed by atoms with E-state index in [9.17, 15) is 31.5 Å². The van der Waals surface area contributed by atoms with Gasteiger partial charge >= 0.3 is 18.1 Å². The number of H-pyrrole nitrogens is 1. The van der Waals surface area contributed by atoms with Gasteiger partial charge in [0.1, 0.15) is 17.4 Å². The van der Waals surface area contributed by atoms with Crippen molar-refractivity contribution in [3.05, 3.63) is 93.9 Å². The summed E-state index contributed by atoms with van der Waals surface area (Å²) in [7, 11) is 0. The van der Waals surface area contributed by atoms with Crippen molar-refractivity contribution in [3.8, 4) is 11.3 Å². The molecule has 42 heavy (non-hydrogen) atoms. The first-order valence-electron chi connectivity index (χ1n) is 11.7. The van der Waals surface area contributed by atoms with Crippen molar-refractivity contribution in [2.45, 2.75) is 25.2 Å². The number of carboxylic acid groups (broad SMARTS) is 1. The molecule has 0 radical (unpaired) electrons. The summed E-state index contributed by atoms with van der Waals surface area (Å²) in [6, 6.07) is 13.4. The minimum Gasteiger partial charge on any atom is -0.475 e. The fourth-order valence-corrected chi connectivity index (χ4v) is 3.52. The number of benzene rings is 1. The highest BCUT2D eigenvalue weighted by atomic mass is 35.5. The monoisotopic (exact) mass is 613 g/mol. The lowest BCUT2D eigenvalue weighted by Crippen LogP contribution is -2.35. The molecular weight excluding hydrogens is 593 g/mol. The number of aromatic nitrogens is 5. The first-order valence-corrected chi connectivity index (χ1v) is 12.1. The molecule has 0 saturated heterocycles. The predicted octanol–water partition coefficient (Wildman–Crippen LogP) is 3.84. The molecule has 0 aliphatic heterocycles. The maximum atomic E-state index is 14.4. The largest absolute Gasteiger partial charge is 0.490 e. The number of aromatic amines is 1. The number of halogens is 6. The second kappa shape index (κ2) is 13.7. The van der Waals surface area contributed by atoms with Crippen LogP contribution in [0.2, 0.25) is 5.15 Å². The number of carbonyl (C=O) groups is 2. The molecule has 0 fully saturated rings. The fourth-order valence-electron chi connectivity index (χ4n) is 3.34. The van der Waals surface area contributed by atoms with Crippen molar-refractivity contribution in [2.24, 2.45) is 0 Å². The first-order chi connectivity index (χ1) is 19.8. The summed E-state index contributed by atoms with van der Waals surface area (Å²) in [5, 5.41) is 18.9. The minimum atomic E-state index is -5.08. The number of rotatable bonds is 9. The van der Waals surface area contributed by atoms with Gasteiger partial charge in [0.15, 0.2) is 5.82 Å². The van der Waals surface area contributed by atoms with E-state index < -0.39 is 48.3 Å². The third kappa shape index (κ3) is 8.57. The molecule has 0 aliphatic rings. The van der Waals surface area contributed by atoms with E-state index in [1.807, 2.05) is 30.3 Å². The summed E-state index contributed by atoms with van der Waals surface area (Å²) in [6.45, 7) is -1.14. The van der Waals surface area contributed by atoms with Crippen LogP contribution in [0.4, 0.5) is 27.8 Å². The highest BCUT2D eigenvalue weighted by molar-refractivity contribution is 6.29. The Morgan fingerprint density at radius 1 is 1.00 bits per heavy atom. The van der Waals surface area contributed by atoms with Crippen LogP contribution in [-0.4, -0.2) is 54.4 Å². The van der Waals surface area contributed by atoms with E-state index in [0.717, 1.165) is 27.6 Å². The van der Waals surface area contributed by atoms with Crippen LogP contribution in [0.3, 0.4) is 0 Å². The smallest absolute Gasteiger partial charge is 0.475 e. The molecule has 0 aliphatic carbocycles. The van der Waals surface area contributed by atoms with Gasteiger partial charge in [-0.05, 0) is 23.8 Å². The number of nitrogens with one attached hydrogen (secondary N) is 3. The Labute approximate surface area is 238 Å². The number of carbonyl (C=O) groups excluding carboxylic acids is 1. The summed E-state index contributed by atoms with van der Waals surface area (Å²) in [5.41, 5.74) is 1.24. The molecule has 11 nitrogen and oxygen atoms in total. The number of hydrogen-bond donors (Lipinski definition) is 4. The number of nitrogens with zero attached hydrogens (tertiary/aromatic N) is 4. The number of amides is 1. The van der Waals surface area contributed by atoms with Gasteiger partial charge in [-0.1, -0.05) is 41.9 Å². The zero-order chi connectivity index (χ0) is 30.9. The number of anilines is 1. The maximum Gasteiger partial charge on any atom is 0.490 e. The second-order valence-corrected chi connectivity index (χ2v) is 8.69.